The summed E-state index contributed by atoms with van der Waals surface area (Å²) in [4.78, 5) is 4.38. The van der Waals surface area contributed by atoms with Crippen LogP contribution in [0.1, 0.15) is 17.2 Å². The van der Waals surface area contributed by atoms with E-state index in [1.54, 1.807) is 0 Å². The molecule has 2 rings (SSSR count). The van der Waals surface area contributed by atoms with E-state index in [0.717, 1.165) is 24.5 Å². The van der Waals surface area contributed by atoms with Crippen molar-refractivity contribution in [2.24, 2.45) is 12.8 Å². The highest BCUT2D eigenvalue weighted by Gasteiger charge is 2.16. The van der Waals surface area contributed by atoms with Gasteiger partial charge in [-0.15, -0.1) is 0 Å². The predicted molar refractivity (Wildman–Crippen MR) is 44.5 cm³/mol. The second kappa shape index (κ2) is 2.88. The first-order valence-corrected chi connectivity index (χ1v) is 4.14. The minimum atomic E-state index is 0.503. The first-order valence-electron chi connectivity index (χ1n) is 4.14. The van der Waals surface area contributed by atoms with Gasteiger partial charge in [0.05, 0.1) is 25.5 Å². The first kappa shape index (κ1) is 7.76. The molecule has 0 unspecified atom stereocenters. The number of hydrogen-bond donors (Lipinski definition) is 1. The molecule has 1 aromatic rings. The average Bonchev–Trinajstić information content (AvgIpc) is 2.44. The molecule has 1 aromatic heterocycles. The number of aromatic nitrogens is 2. The van der Waals surface area contributed by atoms with Gasteiger partial charge in [0.15, 0.2) is 0 Å². The van der Waals surface area contributed by atoms with Crippen molar-refractivity contribution in [3.8, 4) is 0 Å². The summed E-state index contributed by atoms with van der Waals surface area (Å²) < 4.78 is 7.37. The molecular formula is C8H13N3O. The molecular weight excluding hydrogens is 154 g/mol. The van der Waals surface area contributed by atoms with E-state index in [1.165, 1.54) is 5.69 Å². The molecule has 0 aromatic carbocycles. The fraction of sp³-hybridized carbons (Fsp3) is 0.625. The van der Waals surface area contributed by atoms with Crippen LogP contribution < -0.4 is 5.73 Å². The van der Waals surface area contributed by atoms with Crippen LogP contribution >= 0.6 is 0 Å². The van der Waals surface area contributed by atoms with Gasteiger partial charge in [-0.05, 0) is 0 Å². The van der Waals surface area contributed by atoms with E-state index in [4.69, 9.17) is 10.5 Å². The third-order valence-corrected chi connectivity index (χ3v) is 2.29. The summed E-state index contributed by atoms with van der Waals surface area (Å²) >= 11 is 0. The van der Waals surface area contributed by atoms with Crippen molar-refractivity contribution in [1.82, 2.24) is 9.55 Å². The summed E-state index contributed by atoms with van der Waals surface area (Å²) in [7, 11) is 2.01. The molecule has 12 heavy (non-hydrogen) atoms. The molecule has 0 spiro atoms. The van der Waals surface area contributed by atoms with Crippen molar-refractivity contribution < 1.29 is 4.74 Å². The number of ether oxygens (including phenoxy) is 1. The highest BCUT2D eigenvalue weighted by Crippen LogP contribution is 2.16. The highest BCUT2D eigenvalue weighted by molar-refractivity contribution is 5.18. The predicted octanol–water partition coefficient (Wildman–Crippen LogP) is -0.0485. The highest BCUT2D eigenvalue weighted by atomic mass is 16.5. The van der Waals surface area contributed by atoms with Gasteiger partial charge in [0, 0.05) is 19.2 Å². The van der Waals surface area contributed by atoms with Crippen LogP contribution in [0.5, 0.6) is 0 Å². The Balaban J connectivity index is 2.44. The lowest BCUT2D eigenvalue weighted by molar-refractivity contribution is 0.106. The van der Waals surface area contributed by atoms with Gasteiger partial charge in [0.1, 0.15) is 5.82 Å². The summed E-state index contributed by atoms with van der Waals surface area (Å²) in [5, 5.41) is 0. The summed E-state index contributed by atoms with van der Waals surface area (Å²) in [6, 6.07) is 0. The van der Waals surface area contributed by atoms with Crippen LogP contribution in [0.4, 0.5) is 0 Å². The normalized spacial score (nSPS) is 16.2. The van der Waals surface area contributed by atoms with Crippen molar-refractivity contribution in [1.29, 1.82) is 0 Å². The van der Waals surface area contributed by atoms with Crippen LogP contribution in [-0.2, 0) is 31.4 Å². The Morgan fingerprint density at radius 3 is 3.17 bits per heavy atom. The molecule has 0 saturated heterocycles. The van der Waals surface area contributed by atoms with E-state index in [-0.39, 0.29) is 0 Å². The summed E-state index contributed by atoms with van der Waals surface area (Å²) in [6.45, 7) is 1.95. The van der Waals surface area contributed by atoms with Crippen LogP contribution in [0.2, 0.25) is 0 Å². The van der Waals surface area contributed by atoms with Gasteiger partial charge in [0.25, 0.3) is 0 Å². The maximum Gasteiger partial charge on any atom is 0.122 e. The Bertz CT molecular complexity index is 293. The zero-order valence-electron chi connectivity index (χ0n) is 7.21. The van der Waals surface area contributed by atoms with Gasteiger partial charge >= 0.3 is 0 Å². The number of nitrogens with zero attached hydrogens (tertiary/aromatic N) is 2. The van der Waals surface area contributed by atoms with E-state index in [0.29, 0.717) is 13.2 Å². The zero-order chi connectivity index (χ0) is 8.55. The second-order valence-electron chi connectivity index (χ2n) is 2.99. The lowest BCUT2D eigenvalue weighted by Crippen LogP contribution is -2.12. The molecule has 4 nitrogen and oxygen atoms in total. The molecule has 4 heteroatoms. The molecule has 0 radical (unpaired) electrons. The van der Waals surface area contributed by atoms with Gasteiger partial charge in [-0.3, -0.25) is 0 Å². The lowest BCUT2D eigenvalue weighted by atomic mass is 10.2. The Morgan fingerprint density at radius 1 is 1.67 bits per heavy atom. The van der Waals surface area contributed by atoms with Gasteiger partial charge in [-0.25, -0.2) is 4.98 Å². The second-order valence-corrected chi connectivity index (χ2v) is 2.99. The Hall–Kier alpha value is -0.870. The third kappa shape index (κ3) is 1.04. The van der Waals surface area contributed by atoms with E-state index >= 15 is 0 Å². The van der Waals surface area contributed by atoms with Crippen molar-refractivity contribution in [3.05, 3.63) is 17.2 Å². The van der Waals surface area contributed by atoms with E-state index in [2.05, 4.69) is 9.55 Å². The number of rotatable bonds is 1. The molecule has 2 heterocycles. The van der Waals surface area contributed by atoms with Crippen molar-refractivity contribution in [3.63, 3.8) is 0 Å². The maximum absolute atomic E-state index is 5.54. The molecule has 66 valence electrons. The molecule has 0 bridgehead atoms. The zero-order valence-corrected chi connectivity index (χ0v) is 7.21. The van der Waals surface area contributed by atoms with E-state index < -0.39 is 0 Å². The Labute approximate surface area is 71.3 Å². The van der Waals surface area contributed by atoms with Crippen LogP contribution in [0.15, 0.2) is 0 Å². The fourth-order valence-electron chi connectivity index (χ4n) is 1.59. The smallest absolute Gasteiger partial charge is 0.122 e. The monoisotopic (exact) mass is 167 g/mol. The SMILES string of the molecule is Cn1c(CN)nc2c1CCOC2. The van der Waals surface area contributed by atoms with Crippen LogP contribution in [0.25, 0.3) is 0 Å². The number of fused-ring (bicyclic) bond motifs is 1. The lowest BCUT2D eigenvalue weighted by Gasteiger charge is -2.12. The Kier molecular flexibility index (Phi) is 1.86. The standard InChI is InChI=1S/C8H13N3O/c1-11-7-2-3-12-5-6(7)10-8(11)4-9/h2-5,9H2,1H3. The number of imidazole rings is 1. The minimum absolute atomic E-state index is 0.503. The summed E-state index contributed by atoms with van der Waals surface area (Å²) in [5.74, 6) is 0.950. The van der Waals surface area contributed by atoms with Crippen molar-refractivity contribution in [2.75, 3.05) is 6.61 Å². The molecule has 0 amide bonds. The van der Waals surface area contributed by atoms with Crippen molar-refractivity contribution >= 4 is 0 Å². The van der Waals surface area contributed by atoms with Crippen LogP contribution in [0, 0.1) is 0 Å². The van der Waals surface area contributed by atoms with E-state index in [1.807, 2.05) is 7.05 Å². The van der Waals surface area contributed by atoms with Crippen LogP contribution in [-0.4, -0.2) is 16.2 Å². The van der Waals surface area contributed by atoms with Crippen molar-refractivity contribution in [2.45, 2.75) is 19.6 Å². The quantitative estimate of drug-likeness (QED) is 0.638. The topological polar surface area (TPSA) is 53.1 Å². The molecule has 0 atom stereocenters. The van der Waals surface area contributed by atoms with Gasteiger partial charge in [-0.1, -0.05) is 0 Å². The van der Waals surface area contributed by atoms with E-state index in [9.17, 15) is 0 Å². The van der Waals surface area contributed by atoms with Gasteiger partial charge < -0.3 is 15.0 Å². The molecule has 2 N–H and O–H groups in total. The fourth-order valence-corrected chi connectivity index (χ4v) is 1.59. The summed E-state index contributed by atoms with van der Waals surface area (Å²) in [5.41, 5.74) is 7.88. The third-order valence-electron chi connectivity index (χ3n) is 2.29. The molecule has 1 aliphatic heterocycles. The summed E-state index contributed by atoms with van der Waals surface area (Å²) in [6.07, 6.45) is 0.957. The largest absolute Gasteiger partial charge is 0.375 e. The van der Waals surface area contributed by atoms with Crippen LogP contribution in [0.3, 0.4) is 0 Å². The Morgan fingerprint density at radius 2 is 2.50 bits per heavy atom. The average molecular weight is 167 g/mol. The van der Waals surface area contributed by atoms with Gasteiger partial charge in [-0.2, -0.15) is 0 Å². The molecule has 0 saturated carbocycles. The first-order chi connectivity index (χ1) is 5.83. The maximum atomic E-state index is 5.54. The number of nitrogens with two attached hydrogens (primary N) is 1. The minimum Gasteiger partial charge on any atom is -0.375 e. The van der Waals surface area contributed by atoms with Gasteiger partial charge in [0.2, 0.25) is 0 Å². The molecule has 0 fully saturated rings. The number of hydrogen-bond acceptors (Lipinski definition) is 3. The molecule has 1 aliphatic rings. The molecule has 0 aliphatic carbocycles.